The Hall–Kier alpha value is -2.80. The Labute approximate surface area is 143 Å². The molecule has 24 heavy (non-hydrogen) atoms. The molecule has 0 radical (unpaired) electrons. The van der Waals surface area contributed by atoms with Crippen molar-refractivity contribution in [2.24, 2.45) is 0 Å². The van der Waals surface area contributed by atoms with Crippen LogP contribution in [0.3, 0.4) is 0 Å². The summed E-state index contributed by atoms with van der Waals surface area (Å²) in [4.78, 5) is 16.4. The topological polar surface area (TPSA) is 47.3 Å². The second-order valence-electron chi connectivity index (χ2n) is 5.69. The number of carbonyl (C=O) groups is 1. The molecular weight excluding hydrogens is 298 g/mol. The third-order valence-corrected chi connectivity index (χ3v) is 4.07. The van der Waals surface area contributed by atoms with Crippen molar-refractivity contribution in [1.82, 2.24) is 4.90 Å². The molecule has 0 spiro atoms. The molecule has 0 bridgehead atoms. The number of anilines is 1. The zero-order valence-electron chi connectivity index (χ0n) is 14.5. The summed E-state index contributed by atoms with van der Waals surface area (Å²) in [6.45, 7) is 6.76. The molecule has 1 amide bonds. The first-order chi connectivity index (χ1) is 11.6. The molecule has 0 aliphatic carbocycles. The lowest BCUT2D eigenvalue weighted by molar-refractivity contribution is 0.0785. The van der Waals surface area contributed by atoms with Crippen LogP contribution in [-0.2, 0) is 6.54 Å². The molecule has 0 N–H and O–H groups in total. The highest BCUT2D eigenvalue weighted by atomic mass is 16.2. The number of hydrogen-bond acceptors (Lipinski definition) is 3. The molecule has 2 aromatic carbocycles. The van der Waals surface area contributed by atoms with Gasteiger partial charge in [0.15, 0.2) is 0 Å². The summed E-state index contributed by atoms with van der Waals surface area (Å²) in [6, 6.07) is 17.2. The Morgan fingerprint density at radius 2 is 1.75 bits per heavy atom. The van der Waals surface area contributed by atoms with Crippen molar-refractivity contribution in [1.29, 1.82) is 5.26 Å². The maximum atomic E-state index is 12.5. The summed E-state index contributed by atoms with van der Waals surface area (Å²) in [5, 5.41) is 8.95. The fourth-order valence-electron chi connectivity index (χ4n) is 2.69. The van der Waals surface area contributed by atoms with Gasteiger partial charge in [0, 0.05) is 37.9 Å². The van der Waals surface area contributed by atoms with E-state index >= 15 is 0 Å². The summed E-state index contributed by atoms with van der Waals surface area (Å²) >= 11 is 0. The zero-order valence-corrected chi connectivity index (χ0v) is 14.5. The average Bonchev–Trinajstić information content (AvgIpc) is 2.63. The van der Waals surface area contributed by atoms with Crippen LogP contribution < -0.4 is 4.90 Å². The van der Waals surface area contributed by atoms with Crippen LogP contribution in [0.2, 0.25) is 0 Å². The summed E-state index contributed by atoms with van der Waals surface area (Å²) in [7, 11) is 1.78. The highest BCUT2D eigenvalue weighted by molar-refractivity contribution is 5.94. The first-order valence-corrected chi connectivity index (χ1v) is 8.18. The predicted octanol–water partition coefficient (Wildman–Crippen LogP) is 3.68. The molecule has 0 aliphatic rings. The van der Waals surface area contributed by atoms with Crippen LogP contribution in [0.25, 0.3) is 0 Å². The van der Waals surface area contributed by atoms with Crippen molar-refractivity contribution >= 4 is 11.6 Å². The molecule has 0 unspecified atom stereocenters. The second kappa shape index (κ2) is 8.16. The molecule has 0 saturated carbocycles. The first-order valence-electron chi connectivity index (χ1n) is 8.18. The molecule has 0 saturated heterocycles. The van der Waals surface area contributed by atoms with Crippen LogP contribution in [0, 0.1) is 11.3 Å². The fourth-order valence-corrected chi connectivity index (χ4v) is 2.69. The van der Waals surface area contributed by atoms with E-state index in [0.717, 1.165) is 18.7 Å². The van der Waals surface area contributed by atoms with E-state index in [1.165, 1.54) is 5.69 Å². The van der Waals surface area contributed by atoms with E-state index in [2.05, 4.69) is 49.1 Å². The van der Waals surface area contributed by atoms with E-state index in [0.29, 0.717) is 17.7 Å². The van der Waals surface area contributed by atoms with E-state index in [4.69, 9.17) is 5.26 Å². The summed E-state index contributed by atoms with van der Waals surface area (Å²) in [5.74, 6) is -0.0834. The third-order valence-electron chi connectivity index (χ3n) is 4.07. The number of nitriles is 1. The van der Waals surface area contributed by atoms with Gasteiger partial charge in [-0.3, -0.25) is 4.79 Å². The average molecular weight is 321 g/mol. The lowest BCUT2D eigenvalue weighted by Gasteiger charge is -2.22. The normalized spacial score (nSPS) is 10.1. The van der Waals surface area contributed by atoms with Crippen molar-refractivity contribution in [3.05, 3.63) is 65.2 Å². The van der Waals surface area contributed by atoms with Crippen molar-refractivity contribution < 1.29 is 4.79 Å². The molecular formula is C20H23N3O. The molecule has 124 valence electrons. The number of rotatable bonds is 6. The Balaban J connectivity index is 2.07. The van der Waals surface area contributed by atoms with Gasteiger partial charge >= 0.3 is 0 Å². The van der Waals surface area contributed by atoms with Gasteiger partial charge in [0.1, 0.15) is 0 Å². The van der Waals surface area contributed by atoms with Crippen LogP contribution in [0.15, 0.2) is 48.5 Å². The van der Waals surface area contributed by atoms with E-state index in [9.17, 15) is 4.79 Å². The highest BCUT2D eigenvalue weighted by Crippen LogP contribution is 2.16. The van der Waals surface area contributed by atoms with Gasteiger partial charge in [-0.1, -0.05) is 18.2 Å². The molecule has 2 rings (SSSR count). The van der Waals surface area contributed by atoms with Gasteiger partial charge in [-0.15, -0.1) is 0 Å². The van der Waals surface area contributed by atoms with Crippen molar-refractivity contribution in [2.75, 3.05) is 25.0 Å². The number of hydrogen-bond donors (Lipinski definition) is 0. The summed E-state index contributed by atoms with van der Waals surface area (Å²) < 4.78 is 0. The summed E-state index contributed by atoms with van der Waals surface area (Å²) in [5.41, 5.74) is 3.31. The molecule has 0 aliphatic heterocycles. The minimum absolute atomic E-state index is 0.0834. The second-order valence-corrected chi connectivity index (χ2v) is 5.69. The minimum Gasteiger partial charge on any atom is -0.372 e. The molecule has 2 aromatic rings. The molecule has 0 fully saturated rings. The Morgan fingerprint density at radius 1 is 1.08 bits per heavy atom. The lowest BCUT2D eigenvalue weighted by Crippen LogP contribution is -2.26. The monoisotopic (exact) mass is 321 g/mol. The van der Waals surface area contributed by atoms with Gasteiger partial charge in [-0.2, -0.15) is 5.26 Å². The lowest BCUT2D eigenvalue weighted by atomic mass is 10.1. The van der Waals surface area contributed by atoms with E-state index in [1.807, 2.05) is 0 Å². The minimum atomic E-state index is -0.0834. The largest absolute Gasteiger partial charge is 0.372 e. The van der Waals surface area contributed by atoms with Gasteiger partial charge in [-0.25, -0.2) is 0 Å². The van der Waals surface area contributed by atoms with Gasteiger partial charge in [0.25, 0.3) is 5.91 Å². The number of nitrogens with zero attached hydrogens (tertiary/aromatic N) is 3. The number of carbonyl (C=O) groups excluding carboxylic acids is 1. The Kier molecular flexibility index (Phi) is 5.97. The van der Waals surface area contributed by atoms with Crippen LogP contribution in [0.5, 0.6) is 0 Å². The van der Waals surface area contributed by atoms with Gasteiger partial charge in [0.2, 0.25) is 0 Å². The number of amides is 1. The molecule has 0 heterocycles. The van der Waals surface area contributed by atoms with E-state index in [-0.39, 0.29) is 5.91 Å². The Bertz CT molecular complexity index is 727. The maximum absolute atomic E-state index is 12.5. The number of benzene rings is 2. The van der Waals surface area contributed by atoms with Crippen molar-refractivity contribution in [3.8, 4) is 6.07 Å². The van der Waals surface area contributed by atoms with Gasteiger partial charge in [-0.05, 0) is 49.7 Å². The van der Waals surface area contributed by atoms with E-state index < -0.39 is 0 Å². The van der Waals surface area contributed by atoms with Crippen LogP contribution in [0.4, 0.5) is 5.69 Å². The van der Waals surface area contributed by atoms with Crippen LogP contribution in [-0.4, -0.2) is 30.9 Å². The third kappa shape index (κ3) is 4.14. The quantitative estimate of drug-likeness (QED) is 0.815. The standard InChI is InChI=1S/C20H23N3O/c1-4-23(5-2)19-11-9-16(10-12-19)15-22(3)20(24)18-8-6-7-17(13-18)14-21/h6-13H,4-5,15H2,1-3H3. The van der Waals surface area contributed by atoms with Crippen molar-refractivity contribution in [2.45, 2.75) is 20.4 Å². The summed E-state index contributed by atoms with van der Waals surface area (Å²) in [6.07, 6.45) is 0. The van der Waals surface area contributed by atoms with Crippen LogP contribution >= 0.6 is 0 Å². The predicted molar refractivity (Wildman–Crippen MR) is 97.0 cm³/mol. The first kappa shape index (κ1) is 17.6. The highest BCUT2D eigenvalue weighted by Gasteiger charge is 2.12. The Morgan fingerprint density at radius 3 is 2.33 bits per heavy atom. The maximum Gasteiger partial charge on any atom is 0.253 e. The molecule has 4 heteroatoms. The molecule has 0 aromatic heterocycles. The fraction of sp³-hybridized carbons (Fsp3) is 0.300. The van der Waals surface area contributed by atoms with Crippen LogP contribution in [0.1, 0.15) is 35.3 Å². The van der Waals surface area contributed by atoms with Crippen molar-refractivity contribution in [3.63, 3.8) is 0 Å². The smallest absolute Gasteiger partial charge is 0.253 e. The van der Waals surface area contributed by atoms with Gasteiger partial charge in [0.05, 0.1) is 11.6 Å². The SMILES string of the molecule is CCN(CC)c1ccc(CN(C)C(=O)c2cccc(C#N)c2)cc1. The zero-order chi connectivity index (χ0) is 17.5. The van der Waals surface area contributed by atoms with Gasteiger partial charge < -0.3 is 9.80 Å². The van der Waals surface area contributed by atoms with E-state index in [1.54, 1.807) is 36.2 Å². The molecule has 0 atom stereocenters. The molecule has 4 nitrogen and oxygen atoms in total.